The van der Waals surface area contributed by atoms with E-state index < -0.39 is 5.41 Å². The highest BCUT2D eigenvalue weighted by molar-refractivity contribution is 6.37. The van der Waals surface area contributed by atoms with Gasteiger partial charge in [-0.1, -0.05) is 30.1 Å². The summed E-state index contributed by atoms with van der Waals surface area (Å²) >= 11 is 11.3. The first-order valence-electron chi connectivity index (χ1n) is 5.59. The van der Waals surface area contributed by atoms with E-state index in [1.807, 2.05) is 0 Å². The van der Waals surface area contributed by atoms with Crippen molar-refractivity contribution in [2.45, 2.75) is 6.92 Å². The summed E-state index contributed by atoms with van der Waals surface area (Å²) in [5.74, 6) is 0. The molecule has 0 radical (unpaired) electrons. The van der Waals surface area contributed by atoms with Gasteiger partial charge in [-0.15, -0.1) is 0 Å². The minimum absolute atomic E-state index is 0.181. The molecular formula is C13H16Cl2O5. The topological polar surface area (TPSA) is 94.8 Å². The van der Waals surface area contributed by atoms with E-state index in [9.17, 15) is 9.59 Å². The van der Waals surface area contributed by atoms with Crippen LogP contribution in [0.2, 0.25) is 10.0 Å². The molecule has 20 heavy (non-hydrogen) atoms. The van der Waals surface area contributed by atoms with Crippen LogP contribution in [-0.2, 0) is 0 Å². The third-order valence-corrected chi connectivity index (χ3v) is 3.17. The molecule has 1 aromatic rings. The van der Waals surface area contributed by atoms with Gasteiger partial charge in [0, 0.05) is 16.5 Å². The molecule has 0 bridgehead atoms. The number of aldehydes is 2. The Morgan fingerprint density at radius 1 is 0.950 bits per heavy atom. The molecule has 0 amide bonds. The highest BCUT2D eigenvalue weighted by Crippen LogP contribution is 2.23. The maximum Gasteiger partial charge on any atom is 0.151 e. The Morgan fingerprint density at radius 2 is 1.30 bits per heavy atom. The largest absolute Gasteiger partial charge is 0.396 e. The van der Waals surface area contributed by atoms with Crippen LogP contribution in [0.15, 0.2) is 12.1 Å². The van der Waals surface area contributed by atoms with Gasteiger partial charge in [-0.2, -0.15) is 0 Å². The Hall–Kier alpha value is -0.980. The second-order valence-corrected chi connectivity index (χ2v) is 5.23. The van der Waals surface area contributed by atoms with E-state index in [4.69, 9.17) is 38.5 Å². The fourth-order valence-electron chi connectivity index (χ4n) is 0.914. The van der Waals surface area contributed by atoms with Gasteiger partial charge >= 0.3 is 0 Å². The Kier molecular flexibility index (Phi) is 8.60. The summed E-state index contributed by atoms with van der Waals surface area (Å²) in [6.07, 6.45) is 1.15. The lowest BCUT2D eigenvalue weighted by Crippen LogP contribution is -2.29. The molecule has 0 atom stereocenters. The van der Waals surface area contributed by atoms with Crippen LogP contribution in [0.3, 0.4) is 0 Å². The van der Waals surface area contributed by atoms with E-state index in [0.29, 0.717) is 12.6 Å². The zero-order valence-electron chi connectivity index (χ0n) is 10.8. The van der Waals surface area contributed by atoms with E-state index in [2.05, 4.69) is 0 Å². The molecule has 7 heteroatoms. The second kappa shape index (κ2) is 9.05. The molecule has 3 N–H and O–H groups in total. The van der Waals surface area contributed by atoms with E-state index >= 15 is 0 Å². The molecule has 0 aliphatic carbocycles. The van der Waals surface area contributed by atoms with Crippen LogP contribution in [0.4, 0.5) is 0 Å². The van der Waals surface area contributed by atoms with Crippen molar-refractivity contribution in [1.82, 2.24) is 0 Å². The van der Waals surface area contributed by atoms with Crippen LogP contribution in [0, 0.1) is 5.41 Å². The number of aliphatic hydroxyl groups is 3. The van der Waals surface area contributed by atoms with Crippen molar-refractivity contribution in [1.29, 1.82) is 0 Å². The molecule has 0 saturated carbocycles. The first-order chi connectivity index (χ1) is 9.37. The molecule has 1 aromatic carbocycles. The molecule has 0 unspecified atom stereocenters. The molecular weight excluding hydrogens is 307 g/mol. The standard InChI is InChI=1S/C8H4Cl2O2.C5H12O3/c9-7-2-8(10)6(4-12)1-5(7)3-11;1-5(2-6,3-7)4-8/h1-4H;6-8H,2-4H2,1H3. The van der Waals surface area contributed by atoms with E-state index in [0.717, 1.165) is 0 Å². The van der Waals surface area contributed by atoms with Crippen molar-refractivity contribution in [3.8, 4) is 0 Å². The highest BCUT2D eigenvalue weighted by atomic mass is 35.5. The summed E-state index contributed by atoms with van der Waals surface area (Å²) in [7, 11) is 0. The lowest BCUT2D eigenvalue weighted by atomic mass is 9.95. The number of hydrogen-bond acceptors (Lipinski definition) is 5. The lowest BCUT2D eigenvalue weighted by molar-refractivity contribution is 0.0200. The molecule has 0 spiro atoms. The summed E-state index contributed by atoms with van der Waals surface area (Å²) in [5.41, 5.74) is -0.175. The highest BCUT2D eigenvalue weighted by Gasteiger charge is 2.20. The average Bonchev–Trinajstić information content (AvgIpc) is 2.47. The first-order valence-corrected chi connectivity index (χ1v) is 6.35. The number of carbonyl (C=O) groups excluding carboxylic acids is 2. The Labute approximate surface area is 126 Å². The minimum atomic E-state index is -0.708. The average molecular weight is 323 g/mol. The van der Waals surface area contributed by atoms with Crippen LogP contribution in [-0.4, -0.2) is 47.7 Å². The van der Waals surface area contributed by atoms with Crippen LogP contribution < -0.4 is 0 Å². The van der Waals surface area contributed by atoms with E-state index in [1.54, 1.807) is 6.92 Å². The van der Waals surface area contributed by atoms with Crippen LogP contribution >= 0.6 is 23.2 Å². The van der Waals surface area contributed by atoms with Crippen LogP contribution in [0.25, 0.3) is 0 Å². The van der Waals surface area contributed by atoms with Gasteiger partial charge in [0.15, 0.2) is 12.6 Å². The number of rotatable bonds is 5. The molecule has 0 saturated heterocycles. The number of hydrogen-bond donors (Lipinski definition) is 3. The van der Waals surface area contributed by atoms with Gasteiger partial charge in [-0.05, 0) is 12.1 Å². The van der Waals surface area contributed by atoms with Crippen molar-refractivity contribution in [3.05, 3.63) is 33.3 Å². The predicted molar refractivity (Wildman–Crippen MR) is 76.6 cm³/mol. The Balaban J connectivity index is 0.000000396. The number of halogens is 2. The molecule has 0 heterocycles. The zero-order chi connectivity index (χ0) is 15.8. The third-order valence-electron chi connectivity index (χ3n) is 2.52. The molecule has 0 aliphatic heterocycles. The van der Waals surface area contributed by atoms with Crippen molar-refractivity contribution >= 4 is 35.8 Å². The van der Waals surface area contributed by atoms with Gasteiger partial charge in [0.05, 0.1) is 29.9 Å². The van der Waals surface area contributed by atoms with Gasteiger partial charge in [-0.25, -0.2) is 0 Å². The monoisotopic (exact) mass is 322 g/mol. The number of aliphatic hydroxyl groups excluding tert-OH is 3. The minimum Gasteiger partial charge on any atom is -0.396 e. The van der Waals surface area contributed by atoms with Crippen LogP contribution in [0.1, 0.15) is 27.6 Å². The fraction of sp³-hybridized carbons (Fsp3) is 0.385. The zero-order valence-corrected chi connectivity index (χ0v) is 12.4. The van der Waals surface area contributed by atoms with Crippen molar-refractivity contribution in [2.24, 2.45) is 5.41 Å². The normalized spacial score (nSPS) is 10.5. The van der Waals surface area contributed by atoms with Crippen molar-refractivity contribution < 1.29 is 24.9 Å². The SMILES string of the molecule is CC(CO)(CO)CO.O=Cc1cc(C=O)c(Cl)cc1Cl. The van der Waals surface area contributed by atoms with Gasteiger partial charge in [-0.3, -0.25) is 9.59 Å². The summed E-state index contributed by atoms with van der Waals surface area (Å²) in [5, 5.41) is 25.9. The van der Waals surface area contributed by atoms with Gasteiger partial charge in [0.1, 0.15) is 0 Å². The van der Waals surface area contributed by atoms with Gasteiger partial charge < -0.3 is 15.3 Å². The quantitative estimate of drug-likeness (QED) is 0.715. The molecule has 0 fully saturated rings. The third kappa shape index (κ3) is 5.56. The summed E-state index contributed by atoms with van der Waals surface area (Å²) < 4.78 is 0. The van der Waals surface area contributed by atoms with E-state index in [1.165, 1.54) is 12.1 Å². The maximum atomic E-state index is 10.4. The smallest absolute Gasteiger partial charge is 0.151 e. The Bertz CT molecular complexity index is 421. The lowest BCUT2D eigenvalue weighted by Gasteiger charge is -2.20. The first kappa shape index (κ1) is 19.0. The maximum absolute atomic E-state index is 10.4. The summed E-state index contributed by atoms with van der Waals surface area (Å²) in [4.78, 5) is 20.7. The van der Waals surface area contributed by atoms with Crippen molar-refractivity contribution in [2.75, 3.05) is 19.8 Å². The molecule has 0 aliphatic rings. The predicted octanol–water partition coefficient (Wildman–Crippen LogP) is 1.59. The van der Waals surface area contributed by atoms with Crippen LogP contribution in [0.5, 0.6) is 0 Å². The number of carbonyl (C=O) groups is 2. The second-order valence-electron chi connectivity index (χ2n) is 4.42. The summed E-state index contributed by atoms with van der Waals surface area (Å²) in [6.45, 7) is 1.06. The molecule has 0 aromatic heterocycles. The Morgan fingerprint density at radius 3 is 1.50 bits per heavy atom. The van der Waals surface area contributed by atoms with Gasteiger partial charge in [0.2, 0.25) is 0 Å². The van der Waals surface area contributed by atoms with E-state index in [-0.39, 0.29) is 41.0 Å². The van der Waals surface area contributed by atoms with Gasteiger partial charge in [0.25, 0.3) is 0 Å². The fourth-order valence-corrected chi connectivity index (χ4v) is 1.39. The van der Waals surface area contributed by atoms with Crippen molar-refractivity contribution in [3.63, 3.8) is 0 Å². The molecule has 1 rings (SSSR count). The number of benzene rings is 1. The molecule has 5 nitrogen and oxygen atoms in total. The summed E-state index contributed by atoms with van der Waals surface area (Å²) in [6, 6.07) is 2.72. The molecule has 112 valence electrons.